The second-order valence-corrected chi connectivity index (χ2v) is 6.22. The van der Waals surface area contributed by atoms with Gasteiger partial charge in [0.2, 0.25) is 0 Å². The van der Waals surface area contributed by atoms with Crippen LogP contribution < -0.4 is 5.32 Å². The molecule has 0 aliphatic carbocycles. The van der Waals surface area contributed by atoms with Crippen LogP contribution in [0.2, 0.25) is 0 Å². The molecular weight excluding hydrogens is 313 g/mol. The number of hydrogen-bond acceptors (Lipinski definition) is 2. The molecule has 0 aliphatic heterocycles. The van der Waals surface area contributed by atoms with E-state index in [1.807, 2.05) is 17.8 Å². The predicted molar refractivity (Wildman–Crippen MR) is 82.8 cm³/mol. The third-order valence-electron chi connectivity index (χ3n) is 3.05. The maximum atomic E-state index is 13.5. The summed E-state index contributed by atoms with van der Waals surface area (Å²) in [6.45, 7) is 5.30. The molecule has 1 N–H and O–H groups in total. The first-order valence-corrected chi connectivity index (χ1v) is 8.44. The van der Waals surface area contributed by atoms with Crippen molar-refractivity contribution in [3.63, 3.8) is 0 Å². The van der Waals surface area contributed by atoms with Gasteiger partial charge in [-0.25, -0.2) is 4.39 Å². The van der Waals surface area contributed by atoms with E-state index >= 15 is 0 Å². The second-order valence-electron chi connectivity index (χ2n) is 4.51. The van der Waals surface area contributed by atoms with Gasteiger partial charge in [-0.3, -0.25) is 0 Å². The zero-order valence-corrected chi connectivity index (χ0v) is 13.6. The first-order chi connectivity index (χ1) is 8.60. The van der Waals surface area contributed by atoms with Crippen molar-refractivity contribution in [2.45, 2.75) is 26.3 Å². The highest BCUT2D eigenvalue weighted by molar-refractivity contribution is 9.10. The summed E-state index contributed by atoms with van der Waals surface area (Å²) in [4.78, 5) is 0. The van der Waals surface area contributed by atoms with E-state index < -0.39 is 0 Å². The first-order valence-electron chi connectivity index (χ1n) is 6.25. The van der Waals surface area contributed by atoms with Gasteiger partial charge in [0.05, 0.1) is 4.47 Å². The lowest BCUT2D eigenvalue weighted by Gasteiger charge is -2.25. The highest BCUT2D eigenvalue weighted by atomic mass is 79.9. The summed E-state index contributed by atoms with van der Waals surface area (Å²) in [7, 11) is 0. The van der Waals surface area contributed by atoms with E-state index in [9.17, 15) is 4.39 Å². The molecule has 0 amide bonds. The average molecular weight is 334 g/mol. The van der Waals surface area contributed by atoms with Crippen molar-refractivity contribution in [2.24, 2.45) is 5.92 Å². The van der Waals surface area contributed by atoms with Crippen molar-refractivity contribution >= 4 is 27.7 Å². The number of thioether (sulfide) groups is 1. The van der Waals surface area contributed by atoms with Gasteiger partial charge in [-0.2, -0.15) is 11.8 Å². The van der Waals surface area contributed by atoms with Crippen molar-refractivity contribution in [2.75, 3.05) is 18.6 Å². The molecule has 0 saturated heterocycles. The largest absolute Gasteiger partial charge is 0.314 e. The lowest BCUT2D eigenvalue weighted by Crippen LogP contribution is -2.38. The SMILES string of the molecule is CCNC(Cc1cccc(F)c1Br)C(C)CSC. The molecule has 1 aromatic rings. The monoisotopic (exact) mass is 333 g/mol. The summed E-state index contributed by atoms with van der Waals surface area (Å²) >= 11 is 5.20. The van der Waals surface area contributed by atoms with Gasteiger partial charge < -0.3 is 5.32 Å². The van der Waals surface area contributed by atoms with Gasteiger partial charge in [-0.15, -0.1) is 0 Å². The van der Waals surface area contributed by atoms with Gasteiger partial charge >= 0.3 is 0 Å². The minimum Gasteiger partial charge on any atom is -0.314 e. The van der Waals surface area contributed by atoms with Crippen molar-refractivity contribution < 1.29 is 4.39 Å². The van der Waals surface area contributed by atoms with Crippen LogP contribution in [0.5, 0.6) is 0 Å². The quantitative estimate of drug-likeness (QED) is 0.805. The van der Waals surface area contributed by atoms with Crippen LogP contribution >= 0.6 is 27.7 Å². The molecule has 0 radical (unpaired) electrons. The van der Waals surface area contributed by atoms with Crippen molar-refractivity contribution in [1.82, 2.24) is 5.32 Å². The predicted octanol–water partition coefficient (Wildman–Crippen LogP) is 4.11. The second kappa shape index (κ2) is 8.18. The third kappa shape index (κ3) is 4.56. The Kier molecular flexibility index (Phi) is 7.27. The molecule has 0 aliphatic rings. The van der Waals surface area contributed by atoms with Crippen LogP contribution in [-0.4, -0.2) is 24.6 Å². The Bertz CT molecular complexity index is 373. The summed E-state index contributed by atoms with van der Waals surface area (Å²) in [6, 6.07) is 5.64. The molecule has 1 nitrogen and oxygen atoms in total. The molecule has 0 aromatic heterocycles. The molecule has 1 rings (SSSR count). The normalized spacial score (nSPS) is 14.5. The molecule has 0 fully saturated rings. The number of halogens is 2. The fourth-order valence-corrected chi connectivity index (χ4v) is 3.24. The Morgan fingerprint density at radius 3 is 2.78 bits per heavy atom. The molecule has 0 heterocycles. The molecule has 0 spiro atoms. The Labute approximate surface area is 122 Å². The van der Waals surface area contributed by atoms with Crippen LogP contribution in [0.1, 0.15) is 19.4 Å². The topological polar surface area (TPSA) is 12.0 Å². The lowest BCUT2D eigenvalue weighted by molar-refractivity contribution is 0.409. The van der Waals surface area contributed by atoms with E-state index in [1.165, 1.54) is 6.07 Å². The molecule has 102 valence electrons. The molecule has 2 atom stereocenters. The van der Waals surface area contributed by atoms with E-state index in [4.69, 9.17) is 0 Å². The van der Waals surface area contributed by atoms with Gasteiger partial charge in [0, 0.05) is 6.04 Å². The van der Waals surface area contributed by atoms with Crippen LogP contribution in [0.3, 0.4) is 0 Å². The maximum absolute atomic E-state index is 13.5. The number of rotatable bonds is 7. The summed E-state index contributed by atoms with van der Waals surface area (Å²) in [5, 5.41) is 3.51. The smallest absolute Gasteiger partial charge is 0.137 e. The van der Waals surface area contributed by atoms with Crippen molar-refractivity contribution in [3.05, 3.63) is 34.1 Å². The van der Waals surface area contributed by atoms with E-state index in [0.29, 0.717) is 16.4 Å². The average Bonchev–Trinajstić information content (AvgIpc) is 2.34. The molecule has 4 heteroatoms. The Balaban J connectivity index is 2.79. The van der Waals surface area contributed by atoms with Gasteiger partial charge in [-0.1, -0.05) is 26.0 Å². The van der Waals surface area contributed by atoms with Crippen LogP contribution in [0.4, 0.5) is 4.39 Å². The van der Waals surface area contributed by atoms with Crippen LogP contribution in [-0.2, 0) is 6.42 Å². The number of hydrogen-bond donors (Lipinski definition) is 1. The van der Waals surface area contributed by atoms with Crippen LogP contribution in [0, 0.1) is 11.7 Å². The number of likely N-dealkylation sites (N-methyl/N-ethyl adjacent to an activating group) is 1. The standard InChI is InChI=1S/C14H21BrFNS/c1-4-17-13(10(2)9-18-3)8-11-6-5-7-12(16)14(11)15/h5-7,10,13,17H,4,8-9H2,1-3H3. The third-order valence-corrected chi connectivity index (χ3v) is 4.80. The van der Waals surface area contributed by atoms with E-state index in [2.05, 4.69) is 41.3 Å². The first kappa shape index (κ1) is 16.0. The lowest BCUT2D eigenvalue weighted by atomic mass is 9.96. The summed E-state index contributed by atoms with van der Waals surface area (Å²) in [6.07, 6.45) is 2.98. The number of benzene rings is 1. The van der Waals surface area contributed by atoms with Crippen LogP contribution in [0.15, 0.2) is 22.7 Å². The van der Waals surface area contributed by atoms with Gasteiger partial charge in [0.15, 0.2) is 0 Å². The van der Waals surface area contributed by atoms with Crippen LogP contribution in [0.25, 0.3) is 0 Å². The maximum Gasteiger partial charge on any atom is 0.137 e. The molecule has 0 saturated carbocycles. The minimum absolute atomic E-state index is 0.180. The molecule has 1 aromatic carbocycles. The van der Waals surface area contributed by atoms with Gasteiger partial charge in [-0.05, 0) is 58.5 Å². The highest BCUT2D eigenvalue weighted by Gasteiger charge is 2.18. The summed E-state index contributed by atoms with van der Waals surface area (Å²) < 4.78 is 14.1. The minimum atomic E-state index is -0.180. The zero-order chi connectivity index (χ0) is 13.5. The van der Waals surface area contributed by atoms with Gasteiger partial charge in [0.25, 0.3) is 0 Å². The number of nitrogens with one attached hydrogen (secondary N) is 1. The van der Waals surface area contributed by atoms with Crippen molar-refractivity contribution in [3.8, 4) is 0 Å². The fourth-order valence-electron chi connectivity index (χ4n) is 2.06. The Morgan fingerprint density at radius 2 is 2.17 bits per heavy atom. The molecule has 0 bridgehead atoms. The summed E-state index contributed by atoms with van der Waals surface area (Å²) in [5.74, 6) is 1.50. The van der Waals surface area contributed by atoms with Crippen molar-refractivity contribution in [1.29, 1.82) is 0 Å². The highest BCUT2D eigenvalue weighted by Crippen LogP contribution is 2.23. The fraction of sp³-hybridized carbons (Fsp3) is 0.571. The Hall–Kier alpha value is -0.0600. The van der Waals surface area contributed by atoms with E-state index in [-0.39, 0.29) is 5.82 Å². The Morgan fingerprint density at radius 1 is 1.44 bits per heavy atom. The molecule has 2 unspecified atom stereocenters. The van der Waals surface area contributed by atoms with E-state index in [1.54, 1.807) is 6.07 Å². The zero-order valence-electron chi connectivity index (χ0n) is 11.2. The molecule has 18 heavy (non-hydrogen) atoms. The van der Waals surface area contributed by atoms with Gasteiger partial charge in [0.1, 0.15) is 5.82 Å². The molecular formula is C14H21BrFNS. The van der Waals surface area contributed by atoms with E-state index in [0.717, 1.165) is 24.3 Å². The summed E-state index contributed by atoms with van der Waals surface area (Å²) in [5.41, 5.74) is 1.04.